The Balaban J connectivity index is 1.72. The molecule has 0 amide bonds. The molecule has 0 saturated heterocycles. The number of imidazole rings is 1. The van der Waals surface area contributed by atoms with Crippen LogP contribution < -0.4 is 5.32 Å². The van der Waals surface area contributed by atoms with Gasteiger partial charge in [-0.2, -0.15) is 0 Å². The van der Waals surface area contributed by atoms with Gasteiger partial charge in [-0.15, -0.1) is 0 Å². The van der Waals surface area contributed by atoms with Crippen LogP contribution in [-0.4, -0.2) is 15.6 Å². The molecule has 1 aliphatic rings. The van der Waals surface area contributed by atoms with Crippen LogP contribution in [0.5, 0.6) is 0 Å². The molecule has 1 saturated carbocycles. The fourth-order valence-electron chi connectivity index (χ4n) is 5.26. The second-order valence-corrected chi connectivity index (χ2v) is 8.71. The van der Waals surface area contributed by atoms with E-state index in [9.17, 15) is 0 Å². The third-order valence-electron chi connectivity index (χ3n) is 6.96. The van der Waals surface area contributed by atoms with Crippen molar-refractivity contribution in [3.8, 4) is 0 Å². The van der Waals surface area contributed by atoms with E-state index in [1.165, 1.54) is 40.1 Å². The summed E-state index contributed by atoms with van der Waals surface area (Å²) in [4.78, 5) is 5.26. The molecule has 1 fully saturated rings. The average Bonchev–Trinajstić information content (AvgIpc) is 3.32. The zero-order chi connectivity index (χ0) is 20.7. The van der Waals surface area contributed by atoms with Crippen LogP contribution >= 0.6 is 0 Å². The van der Waals surface area contributed by atoms with Gasteiger partial charge in [0.15, 0.2) is 0 Å². The van der Waals surface area contributed by atoms with E-state index in [1.807, 2.05) is 0 Å². The van der Waals surface area contributed by atoms with Crippen LogP contribution in [0.15, 0.2) is 72.8 Å². The smallest absolute Gasteiger partial charge is 0.122 e. The van der Waals surface area contributed by atoms with E-state index in [4.69, 9.17) is 4.98 Å². The van der Waals surface area contributed by atoms with Gasteiger partial charge in [0.05, 0.1) is 16.4 Å². The topological polar surface area (TPSA) is 29.9 Å². The van der Waals surface area contributed by atoms with Gasteiger partial charge in [-0.05, 0) is 74.1 Å². The van der Waals surface area contributed by atoms with Crippen LogP contribution in [-0.2, 0) is 12.5 Å². The van der Waals surface area contributed by atoms with Crippen LogP contribution in [0.4, 0.5) is 5.69 Å². The maximum absolute atomic E-state index is 5.26. The molecule has 0 aliphatic heterocycles. The van der Waals surface area contributed by atoms with Gasteiger partial charge in [0.25, 0.3) is 0 Å². The molecular weight excluding hydrogens is 366 g/mol. The molecule has 2 atom stereocenters. The van der Waals surface area contributed by atoms with Crippen molar-refractivity contribution in [3.63, 3.8) is 0 Å². The number of fused-ring (bicyclic) bond motifs is 1. The first kappa shape index (κ1) is 18.9. The summed E-state index contributed by atoms with van der Waals surface area (Å²) in [5.41, 5.74) is 7.29. The van der Waals surface area contributed by atoms with Crippen molar-refractivity contribution < 1.29 is 0 Å². The SMILES string of the molecule is Cc1cc2nc([C@]3(c4ccccc4)CCC[C@H]3Nc3ccccc3)n(C)c2cc1C. The van der Waals surface area contributed by atoms with Gasteiger partial charge in [0, 0.05) is 18.8 Å². The lowest BCUT2D eigenvalue weighted by atomic mass is 9.74. The van der Waals surface area contributed by atoms with E-state index < -0.39 is 0 Å². The minimum Gasteiger partial charge on any atom is -0.381 e. The normalized spacial score (nSPS) is 21.2. The number of nitrogens with zero attached hydrogens (tertiary/aromatic N) is 2. The molecule has 1 N–H and O–H groups in total. The lowest BCUT2D eigenvalue weighted by Gasteiger charge is -2.36. The van der Waals surface area contributed by atoms with Crippen molar-refractivity contribution in [3.05, 3.63) is 95.3 Å². The van der Waals surface area contributed by atoms with Crippen LogP contribution in [0.1, 0.15) is 41.8 Å². The summed E-state index contributed by atoms with van der Waals surface area (Å²) in [5.74, 6) is 1.17. The molecular formula is C27H29N3. The summed E-state index contributed by atoms with van der Waals surface area (Å²) < 4.78 is 2.33. The molecule has 30 heavy (non-hydrogen) atoms. The van der Waals surface area contributed by atoms with Crippen molar-refractivity contribution in [2.24, 2.45) is 7.05 Å². The third kappa shape index (κ3) is 2.92. The van der Waals surface area contributed by atoms with Crippen molar-refractivity contribution in [1.29, 1.82) is 0 Å². The van der Waals surface area contributed by atoms with E-state index in [1.54, 1.807) is 0 Å². The van der Waals surface area contributed by atoms with Crippen LogP contribution in [0.3, 0.4) is 0 Å². The van der Waals surface area contributed by atoms with E-state index in [-0.39, 0.29) is 5.41 Å². The van der Waals surface area contributed by atoms with Gasteiger partial charge in [-0.1, -0.05) is 48.5 Å². The number of hydrogen-bond acceptors (Lipinski definition) is 2. The van der Waals surface area contributed by atoms with Crippen LogP contribution in [0, 0.1) is 13.8 Å². The third-order valence-corrected chi connectivity index (χ3v) is 6.96. The molecule has 5 rings (SSSR count). The number of nitrogens with one attached hydrogen (secondary N) is 1. The maximum atomic E-state index is 5.26. The first-order valence-corrected chi connectivity index (χ1v) is 10.9. The number of hydrogen-bond donors (Lipinski definition) is 1. The molecule has 3 nitrogen and oxygen atoms in total. The Labute approximate surface area is 178 Å². The predicted octanol–water partition coefficient (Wildman–Crippen LogP) is 6.14. The summed E-state index contributed by atoms with van der Waals surface area (Å²) in [6.07, 6.45) is 3.41. The van der Waals surface area contributed by atoms with Gasteiger partial charge in [-0.25, -0.2) is 4.98 Å². The molecule has 3 heteroatoms. The van der Waals surface area contributed by atoms with Gasteiger partial charge < -0.3 is 9.88 Å². The average molecular weight is 396 g/mol. The zero-order valence-electron chi connectivity index (χ0n) is 18.0. The first-order chi connectivity index (χ1) is 14.6. The largest absolute Gasteiger partial charge is 0.381 e. The number of aryl methyl sites for hydroxylation is 3. The van der Waals surface area contributed by atoms with E-state index in [2.05, 4.69) is 104 Å². The Morgan fingerprint density at radius 2 is 1.60 bits per heavy atom. The second kappa shape index (κ2) is 7.32. The number of anilines is 1. The van der Waals surface area contributed by atoms with Gasteiger partial charge in [0.1, 0.15) is 5.82 Å². The molecule has 1 aromatic heterocycles. The minimum absolute atomic E-state index is 0.160. The van der Waals surface area contributed by atoms with E-state index in [0.717, 1.165) is 18.4 Å². The molecule has 152 valence electrons. The first-order valence-electron chi connectivity index (χ1n) is 10.9. The second-order valence-electron chi connectivity index (χ2n) is 8.71. The highest BCUT2D eigenvalue weighted by atomic mass is 15.1. The highest BCUT2D eigenvalue weighted by molar-refractivity contribution is 5.78. The number of para-hydroxylation sites is 1. The molecule has 3 aromatic carbocycles. The lowest BCUT2D eigenvalue weighted by molar-refractivity contribution is 0.449. The Bertz CT molecular complexity index is 1180. The predicted molar refractivity (Wildman–Crippen MR) is 125 cm³/mol. The zero-order valence-corrected chi connectivity index (χ0v) is 18.0. The Hall–Kier alpha value is -3.07. The minimum atomic E-state index is -0.160. The summed E-state index contributed by atoms with van der Waals surface area (Å²) >= 11 is 0. The van der Waals surface area contributed by atoms with Crippen LogP contribution in [0.25, 0.3) is 11.0 Å². The van der Waals surface area contributed by atoms with Crippen molar-refractivity contribution in [1.82, 2.24) is 9.55 Å². The molecule has 4 aromatic rings. The summed E-state index contributed by atoms with van der Waals surface area (Å²) in [6.45, 7) is 4.36. The summed E-state index contributed by atoms with van der Waals surface area (Å²) in [6, 6.07) is 26.4. The van der Waals surface area contributed by atoms with E-state index >= 15 is 0 Å². The standard InChI is InChI=1S/C27H29N3/c1-19-17-23-24(18-20(19)2)30(3)26(29-23)27(21-11-6-4-7-12-21)16-10-15-25(27)28-22-13-8-5-9-14-22/h4-9,11-14,17-18,25,28H,10,15-16H2,1-3H3/t25-,27+/m1/s1. The molecule has 0 radical (unpaired) electrons. The molecule has 0 bridgehead atoms. The summed E-state index contributed by atoms with van der Waals surface area (Å²) in [7, 11) is 2.18. The molecule has 0 spiro atoms. The monoisotopic (exact) mass is 395 g/mol. The van der Waals surface area contributed by atoms with Gasteiger partial charge in [-0.3, -0.25) is 0 Å². The summed E-state index contributed by atoms with van der Waals surface area (Å²) in [5, 5.41) is 3.87. The Morgan fingerprint density at radius 1 is 0.933 bits per heavy atom. The Morgan fingerprint density at radius 3 is 2.33 bits per heavy atom. The highest BCUT2D eigenvalue weighted by Gasteiger charge is 2.48. The fourth-order valence-corrected chi connectivity index (χ4v) is 5.26. The number of aromatic nitrogens is 2. The number of benzene rings is 3. The van der Waals surface area contributed by atoms with Crippen LogP contribution in [0.2, 0.25) is 0 Å². The lowest BCUT2D eigenvalue weighted by Crippen LogP contribution is -2.43. The van der Waals surface area contributed by atoms with Crippen molar-refractivity contribution >= 4 is 16.7 Å². The number of rotatable bonds is 4. The molecule has 1 heterocycles. The van der Waals surface area contributed by atoms with Gasteiger partial charge >= 0.3 is 0 Å². The Kier molecular flexibility index (Phi) is 4.62. The molecule has 0 unspecified atom stereocenters. The highest BCUT2D eigenvalue weighted by Crippen LogP contribution is 2.48. The quantitative estimate of drug-likeness (QED) is 0.450. The fraction of sp³-hybridized carbons (Fsp3) is 0.296. The maximum Gasteiger partial charge on any atom is 0.122 e. The molecule has 1 aliphatic carbocycles. The van der Waals surface area contributed by atoms with Crippen molar-refractivity contribution in [2.45, 2.75) is 44.6 Å². The van der Waals surface area contributed by atoms with Crippen molar-refractivity contribution in [2.75, 3.05) is 5.32 Å². The van der Waals surface area contributed by atoms with Gasteiger partial charge in [0.2, 0.25) is 0 Å². The van der Waals surface area contributed by atoms with E-state index in [0.29, 0.717) is 6.04 Å².